The summed E-state index contributed by atoms with van der Waals surface area (Å²) >= 11 is 5.26. The Labute approximate surface area is 98.0 Å². The fraction of sp³-hybridized carbons (Fsp3) is 0.455. The molecule has 0 aliphatic carbocycles. The van der Waals surface area contributed by atoms with E-state index in [1.807, 2.05) is 23.9 Å². The van der Waals surface area contributed by atoms with E-state index in [-0.39, 0.29) is 12.5 Å². The van der Waals surface area contributed by atoms with Gasteiger partial charge in [-0.2, -0.15) is 11.8 Å². The topological polar surface area (TPSA) is 20.2 Å². The third-order valence-electron chi connectivity index (χ3n) is 2.21. The normalized spacial score (nSPS) is 12.8. The van der Waals surface area contributed by atoms with E-state index in [0.29, 0.717) is 0 Å². The van der Waals surface area contributed by atoms with Crippen LogP contribution < -0.4 is 0 Å². The molecule has 1 nitrogen and oxygen atoms in total. The number of benzene rings is 1. The van der Waals surface area contributed by atoms with Gasteiger partial charge in [-0.25, -0.2) is 0 Å². The summed E-state index contributed by atoms with van der Waals surface area (Å²) in [6.45, 7) is 0.233. The molecule has 0 amide bonds. The highest BCUT2D eigenvalue weighted by Gasteiger charge is 2.09. The first-order chi connectivity index (χ1) is 6.77. The average molecular weight is 275 g/mol. The van der Waals surface area contributed by atoms with Crippen LogP contribution in [0, 0.1) is 0 Å². The van der Waals surface area contributed by atoms with Crippen molar-refractivity contribution in [3.63, 3.8) is 0 Å². The number of aliphatic hydroxyl groups is 1. The summed E-state index contributed by atoms with van der Waals surface area (Å²) in [7, 11) is 0. The van der Waals surface area contributed by atoms with Crippen LogP contribution in [0.3, 0.4) is 0 Å². The molecule has 1 atom stereocenters. The molecule has 0 radical (unpaired) electrons. The molecule has 78 valence electrons. The van der Waals surface area contributed by atoms with Crippen molar-refractivity contribution < 1.29 is 5.11 Å². The summed E-state index contributed by atoms with van der Waals surface area (Å²) in [5.74, 6) is 1.37. The Balaban J connectivity index is 2.68. The zero-order chi connectivity index (χ0) is 10.4. The zero-order valence-electron chi connectivity index (χ0n) is 8.24. The van der Waals surface area contributed by atoms with Gasteiger partial charge in [0.25, 0.3) is 0 Å². The van der Waals surface area contributed by atoms with Crippen molar-refractivity contribution in [2.24, 2.45) is 0 Å². The molecule has 0 heterocycles. The number of thioether (sulfide) groups is 1. The zero-order valence-corrected chi connectivity index (χ0v) is 10.6. The number of hydrogen-bond donors (Lipinski definition) is 1. The van der Waals surface area contributed by atoms with Gasteiger partial charge in [0.2, 0.25) is 0 Å². The van der Waals surface area contributed by atoms with Gasteiger partial charge < -0.3 is 5.11 Å². The van der Waals surface area contributed by atoms with Crippen molar-refractivity contribution in [1.82, 2.24) is 0 Å². The van der Waals surface area contributed by atoms with Crippen molar-refractivity contribution in [2.75, 3.05) is 18.6 Å². The van der Waals surface area contributed by atoms with Crippen LogP contribution in [0.15, 0.2) is 28.7 Å². The quantitative estimate of drug-likeness (QED) is 0.890. The average Bonchev–Trinajstić information content (AvgIpc) is 2.19. The molecule has 0 saturated carbocycles. The van der Waals surface area contributed by atoms with Crippen molar-refractivity contribution >= 4 is 27.7 Å². The first-order valence-corrected chi connectivity index (χ1v) is 6.82. The Morgan fingerprint density at radius 1 is 1.50 bits per heavy atom. The molecule has 0 aliphatic rings. The molecule has 3 heteroatoms. The molecule has 1 rings (SSSR count). The van der Waals surface area contributed by atoms with Gasteiger partial charge in [0, 0.05) is 17.0 Å². The number of hydrogen-bond acceptors (Lipinski definition) is 2. The van der Waals surface area contributed by atoms with Crippen LogP contribution in [-0.2, 0) is 0 Å². The van der Waals surface area contributed by atoms with E-state index in [2.05, 4.69) is 34.3 Å². The maximum absolute atomic E-state index is 9.27. The monoisotopic (exact) mass is 274 g/mol. The highest BCUT2D eigenvalue weighted by Crippen LogP contribution is 2.23. The molecule has 14 heavy (non-hydrogen) atoms. The van der Waals surface area contributed by atoms with Crippen molar-refractivity contribution in [2.45, 2.75) is 12.3 Å². The molecule has 0 aromatic heterocycles. The van der Waals surface area contributed by atoms with Crippen molar-refractivity contribution in [1.29, 1.82) is 0 Å². The van der Waals surface area contributed by atoms with Crippen LogP contribution in [0.2, 0.25) is 0 Å². The van der Waals surface area contributed by atoms with Crippen molar-refractivity contribution in [3.8, 4) is 0 Å². The van der Waals surface area contributed by atoms with Gasteiger partial charge in [-0.3, -0.25) is 0 Å². The van der Waals surface area contributed by atoms with E-state index in [1.165, 1.54) is 5.56 Å². The van der Waals surface area contributed by atoms with Gasteiger partial charge in [0.05, 0.1) is 0 Å². The molecule has 1 aromatic carbocycles. The Morgan fingerprint density at radius 2 is 2.29 bits per heavy atom. The molecule has 0 fully saturated rings. The number of rotatable bonds is 5. The molecule has 0 aliphatic heterocycles. The van der Waals surface area contributed by atoms with Crippen LogP contribution in [0.1, 0.15) is 17.9 Å². The lowest BCUT2D eigenvalue weighted by Crippen LogP contribution is -2.05. The Hall–Kier alpha value is 0.01000. The highest BCUT2D eigenvalue weighted by molar-refractivity contribution is 9.10. The lowest BCUT2D eigenvalue weighted by molar-refractivity contribution is 0.263. The van der Waals surface area contributed by atoms with E-state index in [0.717, 1.165) is 16.6 Å². The van der Waals surface area contributed by atoms with E-state index in [4.69, 9.17) is 0 Å². The molecule has 0 bridgehead atoms. The van der Waals surface area contributed by atoms with Gasteiger partial charge in [0.15, 0.2) is 0 Å². The number of halogens is 1. The molecule has 1 unspecified atom stereocenters. The minimum Gasteiger partial charge on any atom is -0.396 e. The van der Waals surface area contributed by atoms with Gasteiger partial charge in [-0.1, -0.05) is 28.1 Å². The third-order valence-corrected chi connectivity index (χ3v) is 3.35. The summed E-state index contributed by atoms with van der Waals surface area (Å²) in [6.07, 6.45) is 3.13. The first-order valence-electron chi connectivity index (χ1n) is 4.63. The second-order valence-corrected chi connectivity index (χ2v) is 5.12. The fourth-order valence-electron chi connectivity index (χ4n) is 1.38. The Morgan fingerprint density at radius 3 is 2.86 bits per heavy atom. The molecule has 0 spiro atoms. The summed E-state index contributed by atoms with van der Waals surface area (Å²) in [4.78, 5) is 0. The summed E-state index contributed by atoms with van der Waals surface area (Å²) in [5, 5.41) is 9.27. The predicted molar refractivity (Wildman–Crippen MR) is 67.0 cm³/mol. The Bertz CT molecular complexity index is 278. The summed E-state index contributed by atoms with van der Waals surface area (Å²) in [5.41, 5.74) is 1.22. The molecular weight excluding hydrogens is 260 g/mol. The van der Waals surface area contributed by atoms with E-state index in [9.17, 15) is 5.11 Å². The maximum atomic E-state index is 9.27. The number of aliphatic hydroxyl groups excluding tert-OH is 1. The maximum Gasteiger partial charge on any atom is 0.0500 e. The minimum absolute atomic E-state index is 0.233. The Kier molecular flexibility index (Phi) is 5.60. The van der Waals surface area contributed by atoms with Crippen LogP contribution in [0.5, 0.6) is 0 Å². The molecular formula is C11H15BrOS. The fourth-order valence-corrected chi connectivity index (χ4v) is 2.32. The molecule has 1 aromatic rings. The van der Waals surface area contributed by atoms with E-state index in [1.54, 1.807) is 0 Å². The van der Waals surface area contributed by atoms with Gasteiger partial charge in [0.1, 0.15) is 0 Å². The molecule has 0 saturated heterocycles. The lowest BCUT2D eigenvalue weighted by atomic mass is 9.98. The van der Waals surface area contributed by atoms with E-state index < -0.39 is 0 Å². The highest BCUT2D eigenvalue weighted by atomic mass is 79.9. The summed E-state index contributed by atoms with van der Waals surface area (Å²) in [6, 6.07) is 8.18. The van der Waals surface area contributed by atoms with E-state index >= 15 is 0 Å². The van der Waals surface area contributed by atoms with Gasteiger partial charge in [-0.05, 0) is 36.1 Å². The predicted octanol–water partition coefficient (Wildman–Crippen LogP) is 3.28. The third kappa shape index (κ3) is 3.64. The lowest BCUT2D eigenvalue weighted by Gasteiger charge is -2.13. The van der Waals surface area contributed by atoms with Gasteiger partial charge >= 0.3 is 0 Å². The first kappa shape index (κ1) is 12.1. The second kappa shape index (κ2) is 6.49. The smallest absolute Gasteiger partial charge is 0.0500 e. The van der Waals surface area contributed by atoms with Crippen LogP contribution in [-0.4, -0.2) is 23.7 Å². The largest absolute Gasteiger partial charge is 0.396 e. The van der Waals surface area contributed by atoms with Crippen LogP contribution in [0.4, 0.5) is 0 Å². The molecule has 1 N–H and O–H groups in total. The standard InChI is InChI=1S/C11H15BrOS/c1-14-6-5-10(8-13)9-3-2-4-11(12)7-9/h2-4,7,10,13H,5-6,8H2,1H3. The van der Waals surface area contributed by atoms with Crippen LogP contribution in [0.25, 0.3) is 0 Å². The van der Waals surface area contributed by atoms with Gasteiger partial charge in [-0.15, -0.1) is 0 Å². The van der Waals surface area contributed by atoms with Crippen molar-refractivity contribution in [3.05, 3.63) is 34.3 Å². The van der Waals surface area contributed by atoms with Crippen LogP contribution >= 0.6 is 27.7 Å². The second-order valence-electron chi connectivity index (χ2n) is 3.22. The minimum atomic E-state index is 0.233. The summed E-state index contributed by atoms with van der Waals surface area (Å²) < 4.78 is 1.08. The SMILES string of the molecule is CSCCC(CO)c1cccc(Br)c1.